The first-order valence-corrected chi connectivity index (χ1v) is 7.32. The number of rotatable bonds is 4. The Hall–Kier alpha value is -0.320. The Labute approximate surface area is 122 Å². The molecule has 2 aliphatic heterocycles. The van der Waals surface area contributed by atoms with Gasteiger partial charge in [0, 0.05) is 32.2 Å². The van der Waals surface area contributed by atoms with Crippen LogP contribution in [-0.4, -0.2) is 42.6 Å². The Morgan fingerprint density at radius 2 is 2.21 bits per heavy atom. The van der Waals surface area contributed by atoms with E-state index in [0.717, 1.165) is 45.3 Å². The lowest BCUT2D eigenvalue weighted by atomic mass is 9.92. The van der Waals surface area contributed by atoms with Gasteiger partial charge < -0.3 is 15.4 Å². The zero-order valence-corrected chi connectivity index (χ0v) is 12.7. The largest absolute Gasteiger partial charge is 0.378 e. The predicted molar refractivity (Wildman–Crippen MR) is 78.4 cm³/mol. The molecule has 2 heterocycles. The molecule has 0 aromatic heterocycles. The van der Waals surface area contributed by atoms with Gasteiger partial charge in [-0.3, -0.25) is 4.79 Å². The zero-order chi connectivity index (χ0) is 13.0. The van der Waals surface area contributed by atoms with E-state index < -0.39 is 0 Å². The minimum Gasteiger partial charge on any atom is -0.378 e. The summed E-state index contributed by atoms with van der Waals surface area (Å²) in [6.45, 7) is 4.59. The molecule has 0 saturated carbocycles. The van der Waals surface area contributed by atoms with Gasteiger partial charge in [0.15, 0.2) is 0 Å². The summed E-state index contributed by atoms with van der Waals surface area (Å²) < 4.78 is 5.57. The minimum absolute atomic E-state index is 0. The van der Waals surface area contributed by atoms with Crippen molar-refractivity contribution in [2.75, 3.05) is 19.7 Å². The second-order valence-corrected chi connectivity index (χ2v) is 5.78. The van der Waals surface area contributed by atoms with E-state index in [2.05, 4.69) is 6.92 Å². The van der Waals surface area contributed by atoms with E-state index in [1.807, 2.05) is 4.90 Å². The molecule has 0 aromatic carbocycles. The normalized spacial score (nSPS) is 31.1. The van der Waals surface area contributed by atoms with E-state index in [-0.39, 0.29) is 24.4 Å². The van der Waals surface area contributed by atoms with E-state index in [1.165, 1.54) is 0 Å². The lowest BCUT2D eigenvalue weighted by molar-refractivity contribution is -0.135. The van der Waals surface area contributed by atoms with Crippen LogP contribution in [0.25, 0.3) is 0 Å². The fourth-order valence-corrected chi connectivity index (χ4v) is 3.10. The fraction of sp³-hybridized carbons (Fsp3) is 0.929. The average molecular weight is 291 g/mol. The van der Waals surface area contributed by atoms with Crippen LogP contribution in [0.5, 0.6) is 0 Å². The number of hydrogen-bond donors (Lipinski definition) is 1. The van der Waals surface area contributed by atoms with Gasteiger partial charge in [0.25, 0.3) is 0 Å². The third-order valence-electron chi connectivity index (χ3n) is 4.27. The summed E-state index contributed by atoms with van der Waals surface area (Å²) in [6, 6.07) is 0.255. The van der Waals surface area contributed by atoms with Crippen molar-refractivity contribution in [2.45, 2.75) is 57.6 Å². The molecule has 2 aliphatic rings. The van der Waals surface area contributed by atoms with Crippen LogP contribution in [-0.2, 0) is 9.53 Å². The monoisotopic (exact) mass is 290 g/mol. The molecule has 2 rings (SSSR count). The molecule has 3 unspecified atom stereocenters. The summed E-state index contributed by atoms with van der Waals surface area (Å²) >= 11 is 0. The summed E-state index contributed by atoms with van der Waals surface area (Å²) in [7, 11) is 0. The molecule has 0 radical (unpaired) electrons. The van der Waals surface area contributed by atoms with Crippen LogP contribution >= 0.6 is 12.4 Å². The van der Waals surface area contributed by atoms with Crippen molar-refractivity contribution in [3.05, 3.63) is 0 Å². The number of likely N-dealkylation sites (tertiary alicyclic amines) is 1. The van der Waals surface area contributed by atoms with Crippen molar-refractivity contribution >= 4 is 18.3 Å². The Morgan fingerprint density at radius 1 is 1.42 bits per heavy atom. The maximum absolute atomic E-state index is 12.2. The van der Waals surface area contributed by atoms with Gasteiger partial charge in [-0.05, 0) is 38.0 Å². The molecular formula is C14H27ClN2O2. The van der Waals surface area contributed by atoms with Crippen LogP contribution in [0.1, 0.15) is 45.4 Å². The highest BCUT2D eigenvalue weighted by molar-refractivity contribution is 5.85. The Bertz CT molecular complexity index is 283. The van der Waals surface area contributed by atoms with Crippen LogP contribution in [0.4, 0.5) is 0 Å². The Morgan fingerprint density at radius 3 is 2.84 bits per heavy atom. The van der Waals surface area contributed by atoms with E-state index in [4.69, 9.17) is 10.5 Å². The maximum atomic E-state index is 12.2. The quantitative estimate of drug-likeness (QED) is 0.861. The highest BCUT2D eigenvalue weighted by Gasteiger charge is 2.29. The average Bonchev–Trinajstić information content (AvgIpc) is 2.88. The van der Waals surface area contributed by atoms with E-state index >= 15 is 0 Å². The third kappa shape index (κ3) is 4.62. The van der Waals surface area contributed by atoms with Crippen molar-refractivity contribution in [3.8, 4) is 0 Å². The summed E-state index contributed by atoms with van der Waals surface area (Å²) in [5.74, 6) is 0.966. The van der Waals surface area contributed by atoms with Gasteiger partial charge in [0.2, 0.25) is 5.91 Å². The van der Waals surface area contributed by atoms with Crippen molar-refractivity contribution in [1.29, 1.82) is 0 Å². The van der Waals surface area contributed by atoms with Gasteiger partial charge in [-0.15, -0.1) is 12.4 Å². The topological polar surface area (TPSA) is 55.6 Å². The summed E-state index contributed by atoms with van der Waals surface area (Å²) in [5, 5.41) is 0. The SMILES string of the molecule is CC1CCN(C(=O)CCC2CCCO2)C(CN)C1.Cl. The predicted octanol–water partition coefficient (Wildman–Crippen LogP) is 1.95. The lowest BCUT2D eigenvalue weighted by Gasteiger charge is -2.38. The molecule has 3 atom stereocenters. The van der Waals surface area contributed by atoms with E-state index in [9.17, 15) is 4.79 Å². The van der Waals surface area contributed by atoms with Crippen LogP contribution in [0.3, 0.4) is 0 Å². The van der Waals surface area contributed by atoms with Gasteiger partial charge in [0.05, 0.1) is 6.10 Å². The number of ether oxygens (including phenoxy) is 1. The van der Waals surface area contributed by atoms with E-state index in [1.54, 1.807) is 0 Å². The van der Waals surface area contributed by atoms with Crippen molar-refractivity contribution in [3.63, 3.8) is 0 Å². The molecule has 0 bridgehead atoms. The van der Waals surface area contributed by atoms with Crippen molar-refractivity contribution in [1.82, 2.24) is 4.90 Å². The fourth-order valence-electron chi connectivity index (χ4n) is 3.10. The first kappa shape index (κ1) is 16.7. The highest BCUT2D eigenvalue weighted by atomic mass is 35.5. The lowest BCUT2D eigenvalue weighted by Crippen LogP contribution is -2.49. The zero-order valence-electron chi connectivity index (χ0n) is 11.8. The second kappa shape index (κ2) is 8.08. The van der Waals surface area contributed by atoms with Crippen LogP contribution in [0, 0.1) is 5.92 Å². The smallest absolute Gasteiger partial charge is 0.222 e. The number of halogens is 1. The summed E-state index contributed by atoms with van der Waals surface area (Å²) in [5.41, 5.74) is 5.79. The minimum atomic E-state index is 0. The molecule has 112 valence electrons. The van der Waals surface area contributed by atoms with Crippen LogP contribution < -0.4 is 5.73 Å². The molecule has 2 N–H and O–H groups in total. The number of nitrogens with zero attached hydrogens (tertiary/aromatic N) is 1. The number of hydrogen-bond acceptors (Lipinski definition) is 3. The standard InChI is InChI=1S/C14H26N2O2.ClH/c1-11-6-7-16(12(9-11)10-15)14(17)5-4-13-3-2-8-18-13;/h11-13H,2-10,15H2,1H3;1H. The first-order valence-electron chi connectivity index (χ1n) is 7.32. The number of carbonyl (C=O) groups is 1. The molecule has 0 spiro atoms. The van der Waals surface area contributed by atoms with Crippen LogP contribution in [0.2, 0.25) is 0 Å². The summed E-state index contributed by atoms with van der Waals surface area (Å²) in [4.78, 5) is 14.3. The van der Waals surface area contributed by atoms with Gasteiger partial charge in [0.1, 0.15) is 0 Å². The number of piperidine rings is 1. The molecule has 4 nitrogen and oxygen atoms in total. The van der Waals surface area contributed by atoms with E-state index in [0.29, 0.717) is 25.0 Å². The summed E-state index contributed by atoms with van der Waals surface area (Å²) in [6.07, 6.45) is 6.24. The number of nitrogens with two attached hydrogens (primary N) is 1. The Balaban J connectivity index is 0.00000180. The highest BCUT2D eigenvalue weighted by Crippen LogP contribution is 2.24. The van der Waals surface area contributed by atoms with Crippen molar-refractivity contribution < 1.29 is 9.53 Å². The van der Waals surface area contributed by atoms with Crippen LogP contribution in [0.15, 0.2) is 0 Å². The molecule has 19 heavy (non-hydrogen) atoms. The molecule has 0 aromatic rings. The molecule has 1 amide bonds. The molecule has 5 heteroatoms. The maximum Gasteiger partial charge on any atom is 0.222 e. The second-order valence-electron chi connectivity index (χ2n) is 5.78. The molecule has 2 saturated heterocycles. The molecular weight excluding hydrogens is 264 g/mol. The van der Waals surface area contributed by atoms with Gasteiger partial charge in [-0.25, -0.2) is 0 Å². The number of carbonyl (C=O) groups excluding carboxylic acids is 1. The van der Waals surface area contributed by atoms with Crippen molar-refractivity contribution in [2.24, 2.45) is 11.7 Å². The van der Waals surface area contributed by atoms with Gasteiger partial charge in [-0.2, -0.15) is 0 Å². The first-order chi connectivity index (χ1) is 8.70. The Kier molecular flexibility index (Phi) is 7.11. The molecule has 2 fully saturated rings. The third-order valence-corrected chi connectivity index (χ3v) is 4.27. The van der Waals surface area contributed by atoms with Gasteiger partial charge in [-0.1, -0.05) is 6.92 Å². The number of amides is 1. The molecule has 0 aliphatic carbocycles. The van der Waals surface area contributed by atoms with Gasteiger partial charge >= 0.3 is 0 Å².